The Bertz CT molecular complexity index is 1140. The minimum absolute atomic E-state index is 0.182. The number of halogens is 4. The fourth-order valence-corrected chi connectivity index (χ4v) is 3.41. The first-order valence-electron chi connectivity index (χ1n) is 9.99. The molecule has 2 N–H and O–H groups in total. The van der Waals surface area contributed by atoms with Crippen molar-refractivity contribution in [3.63, 3.8) is 0 Å². The maximum absolute atomic E-state index is 13.2. The minimum atomic E-state index is -5.19. The molecule has 33 heavy (non-hydrogen) atoms. The first-order chi connectivity index (χ1) is 15.5. The molecule has 1 saturated heterocycles. The predicted molar refractivity (Wildman–Crippen MR) is 106 cm³/mol. The van der Waals surface area contributed by atoms with Crippen molar-refractivity contribution in [3.8, 4) is 11.4 Å². The van der Waals surface area contributed by atoms with Gasteiger partial charge in [0.05, 0.1) is 17.4 Å². The zero-order valence-electron chi connectivity index (χ0n) is 17.5. The largest absolute Gasteiger partial charge is 0.542 e. The SMILES string of the molecule is CC1(CNC(=O)c2[nH]c(-c3ccc(F)cc3)[n+]3ccccc23)CCCO1.O=C([O-])C(F)(F)F. The molecule has 0 bridgehead atoms. The molecule has 11 heteroatoms. The highest BCUT2D eigenvalue weighted by molar-refractivity contribution is 5.98. The summed E-state index contributed by atoms with van der Waals surface area (Å²) < 4.78 is 52.4. The Morgan fingerprint density at radius 3 is 2.45 bits per heavy atom. The van der Waals surface area contributed by atoms with Crippen LogP contribution in [0.25, 0.3) is 16.9 Å². The molecular weight excluding hydrogens is 446 g/mol. The van der Waals surface area contributed by atoms with E-state index < -0.39 is 12.1 Å². The first kappa shape index (κ1) is 24.2. The van der Waals surface area contributed by atoms with Gasteiger partial charge in [-0.25, -0.2) is 9.37 Å². The number of carbonyl (C=O) groups excluding carboxylic acids is 2. The molecule has 0 aliphatic carbocycles. The van der Waals surface area contributed by atoms with Crippen LogP contribution in [0, 0.1) is 5.82 Å². The number of nitrogens with zero attached hydrogens (tertiary/aromatic N) is 1. The van der Waals surface area contributed by atoms with Crippen LogP contribution in [0.2, 0.25) is 0 Å². The van der Waals surface area contributed by atoms with Gasteiger partial charge in [-0.15, -0.1) is 0 Å². The molecule has 1 aliphatic rings. The van der Waals surface area contributed by atoms with Crippen LogP contribution in [0.5, 0.6) is 0 Å². The van der Waals surface area contributed by atoms with Crippen molar-refractivity contribution < 1.29 is 41.4 Å². The molecule has 1 unspecified atom stereocenters. The molecular formula is C22H21F4N3O4. The molecule has 176 valence electrons. The lowest BCUT2D eigenvalue weighted by molar-refractivity contribution is -0.498. The van der Waals surface area contributed by atoms with E-state index >= 15 is 0 Å². The van der Waals surface area contributed by atoms with Crippen LogP contribution in [-0.4, -0.2) is 41.8 Å². The number of rotatable bonds is 4. The van der Waals surface area contributed by atoms with Gasteiger partial charge in [-0.05, 0) is 56.2 Å². The Hall–Kier alpha value is -3.47. The molecule has 1 amide bonds. The standard InChI is InChI=1S/C20H20FN3O2.C2HF3O2/c1-20(10-4-12-26-20)13-22-19(25)17-16-5-2-3-11-24(16)18(23-17)14-6-8-15(21)9-7-14;3-2(4,5)1(6)7/h2-3,5-9,11H,4,10,12-13H2,1H3,(H,22,25);(H,6,7). The van der Waals surface area contributed by atoms with Crippen molar-refractivity contribution >= 4 is 17.4 Å². The third kappa shape index (κ3) is 5.86. The van der Waals surface area contributed by atoms with Gasteiger partial charge in [0.25, 0.3) is 11.7 Å². The Morgan fingerprint density at radius 1 is 1.21 bits per heavy atom. The van der Waals surface area contributed by atoms with Crippen molar-refractivity contribution in [2.75, 3.05) is 13.2 Å². The number of imidazole rings is 1. The lowest BCUT2D eigenvalue weighted by Crippen LogP contribution is -2.40. The number of carboxylic acid groups (broad SMARTS) is 1. The normalized spacial score (nSPS) is 18.0. The summed E-state index contributed by atoms with van der Waals surface area (Å²) in [6.45, 7) is 3.23. The highest BCUT2D eigenvalue weighted by Crippen LogP contribution is 2.24. The summed E-state index contributed by atoms with van der Waals surface area (Å²) in [7, 11) is 0. The number of carbonyl (C=O) groups is 2. The van der Waals surface area contributed by atoms with Gasteiger partial charge in [0.2, 0.25) is 5.69 Å². The zero-order valence-corrected chi connectivity index (χ0v) is 17.5. The average molecular weight is 467 g/mol. The molecule has 2 aromatic heterocycles. The number of hydrogen-bond donors (Lipinski definition) is 2. The first-order valence-corrected chi connectivity index (χ1v) is 9.99. The van der Waals surface area contributed by atoms with E-state index in [1.165, 1.54) is 12.1 Å². The van der Waals surface area contributed by atoms with Crippen molar-refractivity contribution in [1.82, 2.24) is 10.3 Å². The Balaban J connectivity index is 0.000000383. The molecule has 3 heterocycles. The lowest BCUT2D eigenvalue weighted by Gasteiger charge is -2.22. The number of amides is 1. The predicted octanol–water partition coefficient (Wildman–Crippen LogP) is 2.16. The van der Waals surface area contributed by atoms with Gasteiger partial charge in [0.15, 0.2) is 5.52 Å². The zero-order chi connectivity index (χ0) is 24.2. The quantitative estimate of drug-likeness (QED) is 0.454. The second-order valence-corrected chi connectivity index (χ2v) is 7.68. The Morgan fingerprint density at radius 2 is 1.88 bits per heavy atom. The van der Waals surface area contributed by atoms with E-state index in [4.69, 9.17) is 14.6 Å². The van der Waals surface area contributed by atoms with E-state index in [-0.39, 0.29) is 17.3 Å². The number of hydrogen-bond acceptors (Lipinski definition) is 4. The third-order valence-corrected chi connectivity index (χ3v) is 5.10. The molecule has 3 aromatic rings. The smallest absolute Gasteiger partial charge is 0.430 e. The summed E-state index contributed by atoms with van der Waals surface area (Å²) in [5.74, 6) is -2.75. The highest BCUT2D eigenvalue weighted by atomic mass is 19.4. The molecule has 1 aromatic carbocycles. The van der Waals surface area contributed by atoms with Crippen LogP contribution in [0.4, 0.5) is 17.6 Å². The topological polar surface area (TPSA) is 98.3 Å². The maximum atomic E-state index is 13.2. The summed E-state index contributed by atoms with van der Waals surface area (Å²) in [6, 6.07) is 11.9. The van der Waals surface area contributed by atoms with E-state index in [9.17, 15) is 22.4 Å². The molecule has 1 aliphatic heterocycles. The van der Waals surface area contributed by atoms with Crippen molar-refractivity contribution in [2.24, 2.45) is 0 Å². The molecule has 7 nitrogen and oxygen atoms in total. The van der Waals surface area contributed by atoms with Crippen LogP contribution in [0.1, 0.15) is 30.3 Å². The number of nitrogens with one attached hydrogen (secondary N) is 2. The number of carboxylic acids is 1. The number of alkyl halides is 3. The monoisotopic (exact) mass is 467 g/mol. The molecule has 0 radical (unpaired) electrons. The number of aromatic amines is 1. The third-order valence-electron chi connectivity index (χ3n) is 5.10. The summed E-state index contributed by atoms with van der Waals surface area (Å²) in [5, 5.41) is 11.8. The number of benzene rings is 1. The van der Waals surface area contributed by atoms with Crippen molar-refractivity contribution in [1.29, 1.82) is 0 Å². The number of aromatic nitrogens is 2. The van der Waals surface area contributed by atoms with Crippen molar-refractivity contribution in [2.45, 2.75) is 31.5 Å². The van der Waals surface area contributed by atoms with Crippen molar-refractivity contribution in [3.05, 3.63) is 60.2 Å². The summed E-state index contributed by atoms with van der Waals surface area (Å²) in [5.41, 5.74) is 1.75. The number of ether oxygens (including phenoxy) is 1. The van der Waals surface area contributed by atoms with E-state index in [0.717, 1.165) is 36.4 Å². The average Bonchev–Trinajstić information content (AvgIpc) is 3.37. The second-order valence-electron chi connectivity index (χ2n) is 7.68. The van der Waals surface area contributed by atoms with Crippen LogP contribution in [0.3, 0.4) is 0 Å². The van der Waals surface area contributed by atoms with Gasteiger partial charge in [0, 0.05) is 13.2 Å². The molecule has 4 rings (SSSR count). The van der Waals surface area contributed by atoms with Gasteiger partial charge in [-0.1, -0.05) is 6.07 Å². The van der Waals surface area contributed by atoms with Crippen LogP contribution < -0.4 is 14.8 Å². The highest BCUT2D eigenvalue weighted by Gasteiger charge is 2.32. The van der Waals surface area contributed by atoms with Gasteiger partial charge in [-0.2, -0.15) is 17.6 Å². The van der Waals surface area contributed by atoms with Crippen LogP contribution in [-0.2, 0) is 9.53 Å². The van der Waals surface area contributed by atoms with Crippen LogP contribution in [0.15, 0.2) is 48.7 Å². The van der Waals surface area contributed by atoms with Gasteiger partial charge in [-0.3, -0.25) is 4.79 Å². The Kier molecular flexibility index (Phi) is 7.01. The van der Waals surface area contributed by atoms with Gasteiger partial charge < -0.3 is 20.0 Å². The summed E-state index contributed by atoms with van der Waals surface area (Å²) in [4.78, 5) is 24.8. The fraction of sp³-hybridized carbons (Fsp3) is 0.318. The number of H-pyrrole nitrogens is 1. The second kappa shape index (κ2) is 9.57. The van der Waals surface area contributed by atoms with Gasteiger partial charge >= 0.3 is 6.18 Å². The van der Waals surface area contributed by atoms with Gasteiger partial charge in [0.1, 0.15) is 11.8 Å². The van der Waals surface area contributed by atoms with E-state index in [1.54, 1.807) is 12.1 Å². The maximum Gasteiger partial charge on any atom is 0.430 e. The lowest BCUT2D eigenvalue weighted by atomic mass is 10.0. The Labute approximate surface area is 186 Å². The number of fused-ring (bicyclic) bond motifs is 1. The number of aliphatic carboxylic acids is 1. The molecule has 0 spiro atoms. The molecule has 0 saturated carbocycles. The number of pyridine rings is 1. The minimum Gasteiger partial charge on any atom is -0.542 e. The van der Waals surface area contributed by atoms with E-state index in [1.807, 2.05) is 35.7 Å². The van der Waals surface area contributed by atoms with E-state index in [2.05, 4.69) is 10.3 Å². The van der Waals surface area contributed by atoms with Crippen LogP contribution >= 0.6 is 0 Å². The summed E-state index contributed by atoms with van der Waals surface area (Å²) in [6.07, 6.45) is -1.36. The molecule has 1 fully saturated rings. The molecule has 1 atom stereocenters. The fourth-order valence-electron chi connectivity index (χ4n) is 3.41. The summed E-state index contributed by atoms with van der Waals surface area (Å²) >= 11 is 0. The van der Waals surface area contributed by atoms with E-state index in [0.29, 0.717) is 12.2 Å².